The zero-order chi connectivity index (χ0) is 26.0. The summed E-state index contributed by atoms with van der Waals surface area (Å²) in [6.45, 7) is 5.26. The Morgan fingerprint density at radius 3 is 1.71 bits per heavy atom. The zero-order valence-corrected chi connectivity index (χ0v) is 21.1. The Labute approximate surface area is 223 Å². The van der Waals surface area contributed by atoms with Gasteiger partial charge in [-0.3, -0.25) is 0 Å². The Hall–Kier alpha value is -4.83. The van der Waals surface area contributed by atoms with E-state index in [0.717, 1.165) is 39.1 Å². The fourth-order valence-electron chi connectivity index (χ4n) is 4.01. The molecule has 4 aromatic carbocycles. The normalized spacial score (nSPS) is 10.5. The molecule has 0 unspecified atom stereocenters. The molecule has 4 nitrogen and oxygen atoms in total. The fraction of sp³-hybridized carbons (Fsp3) is 0.0882. The molecule has 38 heavy (non-hydrogen) atoms. The highest BCUT2D eigenvalue weighted by Gasteiger charge is 2.14. The lowest BCUT2D eigenvalue weighted by atomic mass is 10.0. The molecule has 0 saturated carbocycles. The molecule has 0 fully saturated rings. The number of benzene rings is 4. The van der Waals surface area contributed by atoms with Gasteiger partial charge in [-0.05, 0) is 52.1 Å². The maximum atomic E-state index is 6.26. The van der Waals surface area contributed by atoms with Crippen LogP contribution in [0.15, 0.2) is 128 Å². The van der Waals surface area contributed by atoms with E-state index in [4.69, 9.17) is 19.2 Å². The second-order valence-electron chi connectivity index (χ2n) is 8.82. The lowest BCUT2D eigenvalue weighted by Crippen LogP contribution is -2.02. The minimum atomic E-state index is 0.390. The van der Waals surface area contributed by atoms with E-state index in [1.165, 1.54) is 0 Å². The third-order valence-corrected chi connectivity index (χ3v) is 6.01. The molecule has 0 aliphatic rings. The third-order valence-electron chi connectivity index (χ3n) is 6.01. The molecule has 1 heterocycles. The van der Waals surface area contributed by atoms with Gasteiger partial charge in [0.2, 0.25) is 11.8 Å². The number of hydrogen-bond donors (Lipinski definition) is 0. The van der Waals surface area contributed by atoms with Crippen LogP contribution in [0, 0.1) is 0 Å². The predicted molar refractivity (Wildman–Crippen MR) is 152 cm³/mol. The molecule has 1 aromatic heterocycles. The number of pyridine rings is 1. The summed E-state index contributed by atoms with van der Waals surface area (Å²) in [6.07, 6.45) is 1.81. The summed E-state index contributed by atoms with van der Waals surface area (Å²) in [6, 6.07) is 40.1. The van der Waals surface area contributed by atoms with Crippen molar-refractivity contribution >= 4 is 6.08 Å². The lowest BCUT2D eigenvalue weighted by Gasteiger charge is -2.15. The minimum Gasteiger partial charge on any atom is -0.489 e. The van der Waals surface area contributed by atoms with Crippen LogP contribution in [0.2, 0.25) is 0 Å². The van der Waals surface area contributed by atoms with Crippen LogP contribution in [-0.4, -0.2) is 4.98 Å². The first-order chi connectivity index (χ1) is 18.8. The predicted octanol–water partition coefficient (Wildman–Crippen LogP) is 8.13. The molecule has 0 aliphatic carbocycles. The summed E-state index contributed by atoms with van der Waals surface area (Å²) in [7, 11) is 0. The van der Waals surface area contributed by atoms with Crippen LogP contribution in [0.4, 0.5) is 0 Å². The monoisotopic (exact) mass is 499 g/mol. The van der Waals surface area contributed by atoms with Gasteiger partial charge in [0.15, 0.2) is 0 Å². The maximum absolute atomic E-state index is 6.26. The van der Waals surface area contributed by atoms with E-state index in [2.05, 4.69) is 12.6 Å². The number of hydrogen-bond acceptors (Lipinski definition) is 4. The molecule has 0 bridgehead atoms. The largest absolute Gasteiger partial charge is 0.489 e. The van der Waals surface area contributed by atoms with E-state index in [1.54, 1.807) is 0 Å². The summed E-state index contributed by atoms with van der Waals surface area (Å²) >= 11 is 0. The molecule has 5 aromatic rings. The van der Waals surface area contributed by atoms with E-state index < -0.39 is 0 Å². The molecule has 5 rings (SSSR count). The van der Waals surface area contributed by atoms with Crippen molar-refractivity contribution in [1.29, 1.82) is 0 Å². The Morgan fingerprint density at radius 2 is 1.13 bits per heavy atom. The summed E-state index contributed by atoms with van der Waals surface area (Å²) in [5.74, 6) is 1.75. The first-order valence-corrected chi connectivity index (χ1v) is 12.6. The van der Waals surface area contributed by atoms with Gasteiger partial charge in [0.05, 0.1) is 0 Å². The second-order valence-corrected chi connectivity index (χ2v) is 8.82. The van der Waals surface area contributed by atoms with Crippen molar-refractivity contribution in [2.75, 3.05) is 0 Å². The number of nitrogens with zero attached hydrogens (tertiary/aromatic N) is 1. The lowest BCUT2D eigenvalue weighted by molar-refractivity contribution is 0.268. The molecular weight excluding hydrogens is 470 g/mol. The Morgan fingerprint density at radius 1 is 0.579 bits per heavy atom. The van der Waals surface area contributed by atoms with Gasteiger partial charge in [-0.2, -0.15) is 4.98 Å². The van der Waals surface area contributed by atoms with E-state index in [1.807, 2.05) is 121 Å². The summed E-state index contributed by atoms with van der Waals surface area (Å²) in [5.41, 5.74) is 5.96. The first kappa shape index (κ1) is 24.8. The van der Waals surface area contributed by atoms with Crippen LogP contribution in [0.3, 0.4) is 0 Å². The van der Waals surface area contributed by atoms with Crippen LogP contribution in [0.25, 0.3) is 17.2 Å². The van der Waals surface area contributed by atoms with Gasteiger partial charge in [-0.15, -0.1) is 0 Å². The second kappa shape index (κ2) is 12.4. The zero-order valence-electron chi connectivity index (χ0n) is 21.1. The van der Waals surface area contributed by atoms with Crippen LogP contribution in [0.5, 0.6) is 17.5 Å². The van der Waals surface area contributed by atoms with Crippen LogP contribution < -0.4 is 14.2 Å². The van der Waals surface area contributed by atoms with Crippen molar-refractivity contribution in [1.82, 2.24) is 4.98 Å². The fourth-order valence-corrected chi connectivity index (χ4v) is 4.01. The number of rotatable bonds is 11. The molecule has 0 saturated heterocycles. The molecule has 0 atom stereocenters. The maximum Gasteiger partial charge on any atom is 0.225 e. The van der Waals surface area contributed by atoms with Gasteiger partial charge in [-0.1, -0.05) is 104 Å². The van der Waals surface area contributed by atoms with E-state index in [-0.39, 0.29) is 0 Å². The Kier molecular flexibility index (Phi) is 8.12. The average molecular weight is 500 g/mol. The highest BCUT2D eigenvalue weighted by molar-refractivity contribution is 5.73. The van der Waals surface area contributed by atoms with Crippen molar-refractivity contribution < 1.29 is 14.2 Å². The number of aromatic nitrogens is 1. The summed E-state index contributed by atoms with van der Waals surface area (Å²) in [4.78, 5) is 4.75. The first-order valence-electron chi connectivity index (χ1n) is 12.6. The highest BCUT2D eigenvalue weighted by Crippen LogP contribution is 2.35. The molecule has 0 amide bonds. The third kappa shape index (κ3) is 6.68. The summed E-state index contributed by atoms with van der Waals surface area (Å²) in [5, 5.41) is 0. The van der Waals surface area contributed by atoms with E-state index in [0.29, 0.717) is 31.6 Å². The molecule has 0 aliphatic heterocycles. The molecule has 188 valence electrons. The SMILES string of the molecule is C=Cc1cc(OCc2ccccc2)cc(-c2ccc(OCc3ccccc3)nc2OCc2ccccc2)c1. The molecule has 0 spiro atoms. The van der Waals surface area contributed by atoms with Crippen LogP contribution in [0.1, 0.15) is 22.3 Å². The molecular formula is C34H29NO3. The van der Waals surface area contributed by atoms with Crippen molar-refractivity contribution in [2.24, 2.45) is 0 Å². The molecule has 0 radical (unpaired) electrons. The average Bonchev–Trinajstić information content (AvgIpc) is 2.99. The van der Waals surface area contributed by atoms with Crippen molar-refractivity contribution in [3.8, 4) is 28.6 Å². The molecule has 4 heteroatoms. The van der Waals surface area contributed by atoms with Crippen LogP contribution >= 0.6 is 0 Å². The van der Waals surface area contributed by atoms with Gasteiger partial charge >= 0.3 is 0 Å². The standard InChI is InChI=1S/C34H29NO3/c1-2-26-20-30(22-31(21-26)36-23-27-12-6-3-7-13-27)32-18-19-33(37-24-28-14-8-4-9-15-28)35-34(32)38-25-29-16-10-5-11-17-29/h2-22H,1,23-25H2. The van der Waals surface area contributed by atoms with Gasteiger partial charge in [0.25, 0.3) is 0 Å². The smallest absolute Gasteiger partial charge is 0.225 e. The van der Waals surface area contributed by atoms with Gasteiger partial charge in [0, 0.05) is 11.6 Å². The van der Waals surface area contributed by atoms with Gasteiger partial charge in [0.1, 0.15) is 25.6 Å². The van der Waals surface area contributed by atoms with Crippen LogP contribution in [-0.2, 0) is 19.8 Å². The van der Waals surface area contributed by atoms with Crippen molar-refractivity contribution in [3.05, 3.63) is 150 Å². The van der Waals surface area contributed by atoms with Gasteiger partial charge < -0.3 is 14.2 Å². The summed E-state index contributed by atoms with van der Waals surface area (Å²) < 4.78 is 18.4. The highest BCUT2D eigenvalue weighted by atomic mass is 16.5. The van der Waals surface area contributed by atoms with Crippen molar-refractivity contribution in [2.45, 2.75) is 19.8 Å². The topological polar surface area (TPSA) is 40.6 Å². The molecule has 0 N–H and O–H groups in total. The minimum absolute atomic E-state index is 0.390. The van der Waals surface area contributed by atoms with E-state index in [9.17, 15) is 0 Å². The quantitative estimate of drug-likeness (QED) is 0.184. The Bertz CT molecular complexity index is 1470. The van der Waals surface area contributed by atoms with Gasteiger partial charge in [-0.25, -0.2) is 0 Å². The Balaban J connectivity index is 1.43. The van der Waals surface area contributed by atoms with E-state index >= 15 is 0 Å². The van der Waals surface area contributed by atoms with Crippen molar-refractivity contribution in [3.63, 3.8) is 0 Å². The number of ether oxygens (including phenoxy) is 3.